The summed E-state index contributed by atoms with van der Waals surface area (Å²) >= 11 is 2.87. The minimum atomic E-state index is -2.84. The predicted molar refractivity (Wildman–Crippen MR) is 132 cm³/mol. The van der Waals surface area contributed by atoms with Gasteiger partial charge in [-0.15, -0.1) is 0 Å². The molecule has 1 saturated carbocycles. The van der Waals surface area contributed by atoms with Crippen molar-refractivity contribution < 1.29 is 18.3 Å². The van der Waals surface area contributed by atoms with Crippen molar-refractivity contribution in [3.05, 3.63) is 27.2 Å². The fraction of sp³-hybridized carbons (Fsp3) is 0.720. The number of carbonyl (C=O) groups excluding carboxylic acids is 1. The van der Waals surface area contributed by atoms with Crippen LogP contribution < -0.4 is 4.74 Å². The van der Waals surface area contributed by atoms with E-state index in [1.54, 1.807) is 0 Å². The molecule has 2 aromatic heterocycles. The van der Waals surface area contributed by atoms with Crippen molar-refractivity contribution in [2.45, 2.75) is 77.6 Å². The lowest BCUT2D eigenvalue weighted by atomic mass is 9.78. The number of thiazole rings is 1. The van der Waals surface area contributed by atoms with Crippen LogP contribution in [0.3, 0.4) is 0 Å². The summed E-state index contributed by atoms with van der Waals surface area (Å²) in [4.78, 5) is 21.7. The number of carbonyl (C=O) groups is 1. The molecule has 0 unspecified atom stereocenters. The Hall–Kier alpha value is -1.45. The van der Waals surface area contributed by atoms with Crippen LogP contribution in [0.25, 0.3) is 0 Å². The first-order valence-corrected chi connectivity index (χ1v) is 14.0. The Morgan fingerprint density at radius 2 is 1.94 bits per heavy atom. The third-order valence-electron chi connectivity index (χ3n) is 6.91. The van der Waals surface area contributed by atoms with Gasteiger partial charge in [0.1, 0.15) is 5.78 Å². The molecule has 0 radical (unpaired) electrons. The highest BCUT2D eigenvalue weighted by atomic mass is 32.1. The number of alkyl halides is 2. The number of hydrogen-bond donors (Lipinski definition) is 0. The van der Waals surface area contributed by atoms with E-state index in [1.165, 1.54) is 59.9 Å². The maximum Gasteiger partial charge on any atom is 0.278 e. The Morgan fingerprint density at radius 1 is 1.21 bits per heavy atom. The highest BCUT2D eigenvalue weighted by molar-refractivity contribution is 7.13. The molecule has 0 aromatic carbocycles. The minimum absolute atomic E-state index is 0.356. The van der Waals surface area contributed by atoms with Crippen molar-refractivity contribution in [3.8, 4) is 5.19 Å². The van der Waals surface area contributed by atoms with Crippen molar-refractivity contribution in [1.29, 1.82) is 0 Å². The van der Waals surface area contributed by atoms with Gasteiger partial charge in [-0.05, 0) is 68.6 Å². The molecule has 2 aliphatic rings. The number of ketones is 1. The zero-order chi connectivity index (χ0) is 24.1. The molecular formula is C25H35F2N3O2S2. The molecule has 5 nitrogen and oxygen atoms in total. The molecule has 0 atom stereocenters. The van der Waals surface area contributed by atoms with Gasteiger partial charge in [0.05, 0.1) is 11.4 Å². The first-order valence-electron chi connectivity index (χ1n) is 12.4. The molecule has 2 aromatic rings. The lowest BCUT2D eigenvalue weighted by Gasteiger charge is -2.30. The first kappa shape index (κ1) is 25.6. The molecule has 3 heterocycles. The molecule has 4 rings (SSSR count). The first-order chi connectivity index (χ1) is 16.2. The lowest BCUT2D eigenvalue weighted by molar-refractivity contribution is -0.119. The van der Waals surface area contributed by atoms with Gasteiger partial charge >= 0.3 is 0 Å². The quantitative estimate of drug-likeness (QED) is 0.407. The second-order valence-electron chi connectivity index (χ2n) is 10.1. The van der Waals surface area contributed by atoms with Crippen molar-refractivity contribution in [1.82, 2.24) is 14.3 Å². The summed E-state index contributed by atoms with van der Waals surface area (Å²) in [5.41, 5.74) is 2.02. The van der Waals surface area contributed by atoms with E-state index in [0.29, 0.717) is 29.7 Å². The SMILES string of the molecule is Cc1cc(CC(=O)CC2CCC(CCN3CCc4nc(OCC(C)(F)F)sc4CC3)CC2)sn1. The Bertz CT molecular complexity index is 923. The fourth-order valence-electron chi connectivity index (χ4n) is 5.04. The molecule has 0 spiro atoms. The molecule has 188 valence electrons. The Labute approximate surface area is 209 Å². The predicted octanol–water partition coefficient (Wildman–Crippen LogP) is 5.74. The molecule has 0 N–H and O–H groups in total. The van der Waals surface area contributed by atoms with Crippen molar-refractivity contribution in [2.24, 2.45) is 11.8 Å². The van der Waals surface area contributed by atoms with Gasteiger partial charge in [-0.3, -0.25) is 4.79 Å². The standard InChI is InChI=1S/C25H35F2N3O2S2/c1-17-13-21(34-29-17)15-20(31)14-19-5-3-18(4-6-19)7-10-30-11-8-22-23(9-12-30)33-24(28-22)32-16-25(2,26)27/h13,18-19H,3-12,14-16H2,1-2H3. The zero-order valence-corrected chi connectivity index (χ0v) is 21.8. The van der Waals surface area contributed by atoms with Crippen LogP contribution in [0.2, 0.25) is 0 Å². The molecule has 34 heavy (non-hydrogen) atoms. The number of halogens is 2. The Balaban J connectivity index is 1.13. The van der Waals surface area contributed by atoms with Gasteiger partial charge in [-0.1, -0.05) is 24.2 Å². The Morgan fingerprint density at radius 3 is 2.65 bits per heavy atom. The van der Waals surface area contributed by atoms with Gasteiger partial charge < -0.3 is 9.64 Å². The van der Waals surface area contributed by atoms with E-state index in [0.717, 1.165) is 61.6 Å². The van der Waals surface area contributed by atoms with E-state index < -0.39 is 12.5 Å². The molecule has 1 aliphatic heterocycles. The number of nitrogens with zero attached hydrogens (tertiary/aromatic N) is 3. The van der Waals surface area contributed by atoms with Crippen LogP contribution in [0.5, 0.6) is 5.19 Å². The maximum absolute atomic E-state index is 13.0. The topological polar surface area (TPSA) is 55.3 Å². The molecule has 0 amide bonds. The van der Waals surface area contributed by atoms with E-state index in [2.05, 4.69) is 14.3 Å². The van der Waals surface area contributed by atoms with Crippen LogP contribution >= 0.6 is 22.9 Å². The van der Waals surface area contributed by atoms with Gasteiger partial charge in [0.25, 0.3) is 11.1 Å². The smallest absolute Gasteiger partial charge is 0.278 e. The molecular weight excluding hydrogens is 476 g/mol. The number of ether oxygens (including phenoxy) is 1. The minimum Gasteiger partial charge on any atom is -0.464 e. The second kappa shape index (κ2) is 11.5. The highest BCUT2D eigenvalue weighted by Gasteiger charge is 2.26. The van der Waals surface area contributed by atoms with Crippen LogP contribution in [-0.2, 0) is 24.1 Å². The molecule has 1 fully saturated rings. The van der Waals surface area contributed by atoms with Gasteiger partial charge in [-0.25, -0.2) is 13.8 Å². The van der Waals surface area contributed by atoms with Crippen molar-refractivity contribution in [3.63, 3.8) is 0 Å². The zero-order valence-electron chi connectivity index (χ0n) is 20.2. The number of aryl methyl sites for hydroxylation is 1. The van der Waals surface area contributed by atoms with E-state index in [9.17, 15) is 13.6 Å². The second-order valence-corrected chi connectivity index (χ2v) is 12.0. The van der Waals surface area contributed by atoms with Crippen molar-refractivity contribution >= 4 is 28.7 Å². The maximum atomic E-state index is 13.0. The third-order valence-corrected chi connectivity index (χ3v) is 8.86. The van der Waals surface area contributed by atoms with Crippen LogP contribution in [0.1, 0.15) is 66.6 Å². The van der Waals surface area contributed by atoms with E-state index >= 15 is 0 Å². The average Bonchev–Trinajstić information content (AvgIpc) is 3.32. The summed E-state index contributed by atoms with van der Waals surface area (Å²) in [5, 5.41) is 0.373. The van der Waals surface area contributed by atoms with E-state index in [4.69, 9.17) is 4.74 Å². The molecule has 1 aliphatic carbocycles. The highest BCUT2D eigenvalue weighted by Crippen LogP contribution is 2.34. The summed E-state index contributed by atoms with van der Waals surface area (Å²) in [6.07, 6.45) is 9.01. The molecule has 0 bridgehead atoms. The summed E-state index contributed by atoms with van der Waals surface area (Å²) in [6.45, 7) is 5.26. The van der Waals surface area contributed by atoms with Gasteiger partial charge in [-0.2, -0.15) is 4.37 Å². The largest absolute Gasteiger partial charge is 0.464 e. The number of Topliss-reactive ketones (excluding diaryl/α,β-unsaturated/α-hetero) is 1. The number of rotatable bonds is 10. The number of fused-ring (bicyclic) bond motifs is 1. The summed E-state index contributed by atoms with van der Waals surface area (Å²) in [7, 11) is 0. The monoisotopic (exact) mass is 511 g/mol. The summed E-state index contributed by atoms with van der Waals surface area (Å²) < 4.78 is 35.5. The fourth-order valence-corrected chi connectivity index (χ4v) is 6.74. The van der Waals surface area contributed by atoms with E-state index in [1.807, 2.05) is 13.0 Å². The lowest BCUT2D eigenvalue weighted by Crippen LogP contribution is -2.30. The van der Waals surface area contributed by atoms with Gasteiger partial charge in [0.15, 0.2) is 6.61 Å². The average molecular weight is 512 g/mol. The van der Waals surface area contributed by atoms with Crippen LogP contribution in [0.4, 0.5) is 8.78 Å². The molecule has 9 heteroatoms. The summed E-state index contributed by atoms with van der Waals surface area (Å²) in [6, 6.07) is 2.03. The normalized spacial score (nSPS) is 21.8. The van der Waals surface area contributed by atoms with Crippen LogP contribution in [-0.4, -0.2) is 52.2 Å². The van der Waals surface area contributed by atoms with Gasteiger partial charge in [0.2, 0.25) is 0 Å². The Kier molecular flexibility index (Phi) is 8.69. The van der Waals surface area contributed by atoms with Crippen LogP contribution in [0, 0.1) is 18.8 Å². The third kappa shape index (κ3) is 7.78. The number of aromatic nitrogens is 2. The van der Waals surface area contributed by atoms with E-state index in [-0.39, 0.29) is 0 Å². The number of hydrogen-bond acceptors (Lipinski definition) is 7. The van der Waals surface area contributed by atoms with Crippen molar-refractivity contribution in [2.75, 3.05) is 26.2 Å². The van der Waals surface area contributed by atoms with Gasteiger partial charge in [0, 0.05) is 49.0 Å². The summed E-state index contributed by atoms with van der Waals surface area (Å²) in [5.74, 6) is -1.19. The molecule has 0 saturated heterocycles. The van der Waals surface area contributed by atoms with Crippen LogP contribution in [0.15, 0.2) is 6.07 Å².